The van der Waals surface area contributed by atoms with Crippen LogP contribution in [-0.4, -0.2) is 28.6 Å². The average Bonchev–Trinajstić information content (AvgIpc) is 3.07. The summed E-state index contributed by atoms with van der Waals surface area (Å²) in [5.41, 5.74) is 1.88. The predicted octanol–water partition coefficient (Wildman–Crippen LogP) is 3.26. The minimum Gasteiger partial charge on any atom is -0.489 e. The maximum absolute atomic E-state index is 12.5. The SMILES string of the molecule is CNC(=O)c1nn(C)cc1NC(=O)c1ccc(COc2ccc(Cl)cc2)cc1. The number of carbonyl (C=O) groups is 2. The Hall–Kier alpha value is -3.32. The number of halogens is 1. The smallest absolute Gasteiger partial charge is 0.273 e. The summed E-state index contributed by atoms with van der Waals surface area (Å²) in [6.07, 6.45) is 1.58. The van der Waals surface area contributed by atoms with Gasteiger partial charge in [0.05, 0.1) is 5.69 Å². The first-order valence-electron chi connectivity index (χ1n) is 8.50. The Bertz CT molecular complexity index is 982. The molecule has 8 heteroatoms. The van der Waals surface area contributed by atoms with Gasteiger partial charge in [0.15, 0.2) is 5.69 Å². The summed E-state index contributed by atoms with van der Waals surface area (Å²) in [7, 11) is 3.19. The molecule has 0 aliphatic heterocycles. The van der Waals surface area contributed by atoms with Crippen LogP contribution in [0.25, 0.3) is 0 Å². The first kappa shape index (κ1) is 19.4. The summed E-state index contributed by atoms with van der Waals surface area (Å²) in [6, 6.07) is 14.1. The van der Waals surface area contributed by atoms with Crippen LogP contribution in [0.2, 0.25) is 5.02 Å². The second-order valence-electron chi connectivity index (χ2n) is 6.04. The van der Waals surface area contributed by atoms with Gasteiger partial charge in [-0.15, -0.1) is 0 Å². The van der Waals surface area contributed by atoms with Gasteiger partial charge in [0, 0.05) is 30.9 Å². The Balaban J connectivity index is 1.64. The lowest BCUT2D eigenvalue weighted by molar-refractivity contribution is 0.0958. The Morgan fingerprint density at radius 1 is 1.07 bits per heavy atom. The number of aromatic nitrogens is 2. The molecule has 2 amide bonds. The summed E-state index contributed by atoms with van der Waals surface area (Å²) >= 11 is 5.85. The van der Waals surface area contributed by atoms with Gasteiger partial charge in [-0.2, -0.15) is 5.10 Å². The van der Waals surface area contributed by atoms with Gasteiger partial charge in [0.1, 0.15) is 12.4 Å². The number of carbonyl (C=O) groups excluding carboxylic acids is 2. The van der Waals surface area contributed by atoms with E-state index in [0.29, 0.717) is 28.6 Å². The number of nitrogens with one attached hydrogen (secondary N) is 2. The first-order chi connectivity index (χ1) is 13.5. The van der Waals surface area contributed by atoms with Gasteiger partial charge < -0.3 is 15.4 Å². The quantitative estimate of drug-likeness (QED) is 0.667. The minimum atomic E-state index is -0.370. The van der Waals surface area contributed by atoms with Crippen molar-refractivity contribution in [1.29, 1.82) is 0 Å². The van der Waals surface area contributed by atoms with Crippen molar-refractivity contribution in [2.45, 2.75) is 6.61 Å². The van der Waals surface area contributed by atoms with E-state index in [1.165, 1.54) is 11.7 Å². The zero-order valence-corrected chi connectivity index (χ0v) is 16.2. The summed E-state index contributed by atoms with van der Waals surface area (Å²) < 4.78 is 7.16. The molecule has 1 heterocycles. The summed E-state index contributed by atoms with van der Waals surface area (Å²) in [6.45, 7) is 0.368. The molecule has 0 saturated carbocycles. The summed E-state index contributed by atoms with van der Waals surface area (Å²) in [5, 5.41) is 9.93. The van der Waals surface area contributed by atoms with Gasteiger partial charge >= 0.3 is 0 Å². The molecule has 0 bridgehead atoms. The maximum Gasteiger partial charge on any atom is 0.273 e. The molecular formula is C20H19ClN4O3. The van der Waals surface area contributed by atoms with Gasteiger partial charge in [-0.1, -0.05) is 23.7 Å². The number of hydrogen-bond donors (Lipinski definition) is 2. The third kappa shape index (κ3) is 4.69. The summed E-state index contributed by atoms with van der Waals surface area (Å²) in [5.74, 6) is 0.0125. The second-order valence-corrected chi connectivity index (χ2v) is 6.47. The van der Waals surface area contributed by atoms with Crippen LogP contribution in [0.5, 0.6) is 5.75 Å². The predicted molar refractivity (Wildman–Crippen MR) is 107 cm³/mol. The molecule has 0 aliphatic rings. The van der Waals surface area contributed by atoms with E-state index < -0.39 is 0 Å². The van der Waals surface area contributed by atoms with E-state index in [0.717, 1.165) is 5.56 Å². The highest BCUT2D eigenvalue weighted by Gasteiger charge is 2.17. The highest BCUT2D eigenvalue weighted by Crippen LogP contribution is 2.18. The van der Waals surface area contributed by atoms with Crippen molar-refractivity contribution in [3.05, 3.63) is 76.6 Å². The first-order valence-corrected chi connectivity index (χ1v) is 8.88. The fourth-order valence-electron chi connectivity index (χ4n) is 2.51. The van der Waals surface area contributed by atoms with E-state index >= 15 is 0 Å². The number of benzene rings is 2. The molecular weight excluding hydrogens is 380 g/mol. The van der Waals surface area contributed by atoms with Crippen LogP contribution in [0.1, 0.15) is 26.4 Å². The molecule has 0 aliphatic carbocycles. The van der Waals surface area contributed by atoms with E-state index in [-0.39, 0.29) is 17.5 Å². The third-order valence-corrected chi connectivity index (χ3v) is 4.21. The van der Waals surface area contributed by atoms with Gasteiger partial charge in [0.2, 0.25) is 0 Å². The van der Waals surface area contributed by atoms with Gasteiger partial charge in [-0.25, -0.2) is 0 Å². The zero-order chi connectivity index (χ0) is 20.1. The van der Waals surface area contributed by atoms with E-state index in [1.807, 2.05) is 12.1 Å². The number of amides is 2. The highest BCUT2D eigenvalue weighted by molar-refractivity contribution is 6.30. The van der Waals surface area contributed by atoms with Crippen LogP contribution in [0.3, 0.4) is 0 Å². The molecule has 0 radical (unpaired) electrons. The lowest BCUT2D eigenvalue weighted by atomic mass is 10.1. The van der Waals surface area contributed by atoms with Crippen molar-refractivity contribution in [3.8, 4) is 5.75 Å². The molecule has 28 heavy (non-hydrogen) atoms. The van der Waals surface area contributed by atoms with Crippen LogP contribution in [-0.2, 0) is 13.7 Å². The lowest BCUT2D eigenvalue weighted by Gasteiger charge is -2.08. The largest absolute Gasteiger partial charge is 0.489 e. The molecule has 0 spiro atoms. The van der Waals surface area contributed by atoms with Crippen LogP contribution in [0, 0.1) is 0 Å². The Kier molecular flexibility index (Phi) is 5.96. The number of anilines is 1. The number of aryl methyl sites for hydroxylation is 1. The fraction of sp³-hybridized carbons (Fsp3) is 0.150. The van der Waals surface area contributed by atoms with E-state index in [9.17, 15) is 9.59 Å². The van der Waals surface area contributed by atoms with E-state index in [1.54, 1.807) is 49.6 Å². The van der Waals surface area contributed by atoms with Crippen molar-refractivity contribution in [2.75, 3.05) is 12.4 Å². The standard InChI is InChI=1S/C20H19ClN4O3/c1-22-20(27)18-17(11-25(2)24-18)23-19(26)14-5-3-13(4-6-14)12-28-16-9-7-15(21)8-10-16/h3-11H,12H2,1-2H3,(H,22,27)(H,23,26). The molecule has 0 unspecified atom stereocenters. The van der Waals surface area contributed by atoms with E-state index in [4.69, 9.17) is 16.3 Å². The highest BCUT2D eigenvalue weighted by atomic mass is 35.5. The molecule has 2 N–H and O–H groups in total. The maximum atomic E-state index is 12.5. The molecule has 144 valence electrons. The minimum absolute atomic E-state index is 0.159. The Labute approximate surface area is 167 Å². The normalized spacial score (nSPS) is 10.4. The van der Waals surface area contributed by atoms with Gasteiger partial charge in [-0.05, 0) is 42.0 Å². The van der Waals surface area contributed by atoms with Gasteiger partial charge in [0.25, 0.3) is 11.8 Å². The van der Waals surface area contributed by atoms with Crippen LogP contribution in [0.4, 0.5) is 5.69 Å². The second kappa shape index (κ2) is 8.58. The average molecular weight is 399 g/mol. The van der Waals surface area contributed by atoms with E-state index in [2.05, 4.69) is 15.7 Å². The number of nitrogens with zero attached hydrogens (tertiary/aromatic N) is 2. The Morgan fingerprint density at radius 3 is 2.39 bits per heavy atom. The number of rotatable bonds is 6. The zero-order valence-electron chi connectivity index (χ0n) is 15.4. The van der Waals surface area contributed by atoms with Crippen molar-refractivity contribution < 1.29 is 14.3 Å². The molecule has 1 aromatic heterocycles. The van der Waals surface area contributed by atoms with Crippen LogP contribution < -0.4 is 15.4 Å². The molecule has 0 fully saturated rings. The number of hydrogen-bond acceptors (Lipinski definition) is 4. The van der Waals surface area contributed by atoms with Crippen molar-refractivity contribution in [2.24, 2.45) is 7.05 Å². The van der Waals surface area contributed by atoms with Crippen molar-refractivity contribution in [1.82, 2.24) is 15.1 Å². The molecule has 0 saturated heterocycles. The summed E-state index contributed by atoms with van der Waals surface area (Å²) in [4.78, 5) is 24.3. The molecule has 7 nitrogen and oxygen atoms in total. The van der Waals surface area contributed by atoms with Crippen LogP contribution >= 0.6 is 11.6 Å². The number of ether oxygens (including phenoxy) is 1. The molecule has 3 rings (SSSR count). The Morgan fingerprint density at radius 2 is 1.75 bits per heavy atom. The topological polar surface area (TPSA) is 85.3 Å². The molecule has 2 aromatic carbocycles. The van der Waals surface area contributed by atoms with Crippen LogP contribution in [0.15, 0.2) is 54.7 Å². The fourth-order valence-corrected chi connectivity index (χ4v) is 2.64. The van der Waals surface area contributed by atoms with Gasteiger partial charge in [-0.3, -0.25) is 14.3 Å². The molecule has 0 atom stereocenters. The lowest BCUT2D eigenvalue weighted by Crippen LogP contribution is -2.21. The monoisotopic (exact) mass is 398 g/mol. The van der Waals surface area contributed by atoms with Crippen molar-refractivity contribution >= 4 is 29.1 Å². The third-order valence-electron chi connectivity index (χ3n) is 3.95. The van der Waals surface area contributed by atoms with Crippen molar-refractivity contribution in [3.63, 3.8) is 0 Å². The molecule has 3 aromatic rings.